The molecule has 1 atom stereocenters. The third kappa shape index (κ3) is 4.11. The molecule has 12 heteroatoms. The van der Waals surface area contributed by atoms with Crippen molar-refractivity contribution >= 4 is 28.2 Å². The van der Waals surface area contributed by atoms with Crippen LogP contribution >= 0.6 is 11.3 Å². The standard InChI is InChI=1S/C21H20F3N7OS/c1-11-7-28-20(33-11)31-6-4-13-14(9-26-17(13)18(31)32)16-15(21(22,23)24)10-27-19(30-16)29-12-3-2-5-25-8-12/h4,6-7,9-10,12,25-26H,2-3,5,8H2,1H3,(H,27,29,30)/t12-/m0/s1. The molecule has 0 unspecified atom stereocenters. The molecular weight excluding hydrogens is 455 g/mol. The van der Waals surface area contributed by atoms with E-state index >= 15 is 0 Å². The number of fused-ring (bicyclic) bond motifs is 1. The average Bonchev–Trinajstić information content (AvgIpc) is 3.41. The number of pyridine rings is 1. The summed E-state index contributed by atoms with van der Waals surface area (Å²) in [6.45, 7) is 3.47. The molecule has 0 radical (unpaired) electrons. The molecule has 0 aliphatic carbocycles. The fourth-order valence-electron chi connectivity index (χ4n) is 3.94. The number of aromatic nitrogens is 5. The lowest BCUT2D eigenvalue weighted by Crippen LogP contribution is -2.38. The maximum Gasteiger partial charge on any atom is 0.419 e. The molecule has 0 amide bonds. The molecule has 172 valence electrons. The fraction of sp³-hybridized carbons (Fsp3) is 0.333. The minimum Gasteiger partial charge on any atom is -0.356 e. The Labute approximate surface area is 189 Å². The molecule has 1 aliphatic heterocycles. The minimum absolute atomic E-state index is 0.0280. The first-order chi connectivity index (χ1) is 15.8. The van der Waals surface area contributed by atoms with E-state index in [0.29, 0.717) is 17.1 Å². The van der Waals surface area contributed by atoms with Crippen molar-refractivity contribution in [1.82, 2.24) is 29.8 Å². The molecule has 0 bridgehead atoms. The molecule has 1 aliphatic rings. The van der Waals surface area contributed by atoms with Gasteiger partial charge in [0.15, 0.2) is 5.13 Å². The van der Waals surface area contributed by atoms with Crippen LogP contribution in [-0.4, -0.2) is 43.6 Å². The zero-order valence-corrected chi connectivity index (χ0v) is 18.3. The van der Waals surface area contributed by atoms with Gasteiger partial charge in [-0.25, -0.2) is 15.0 Å². The summed E-state index contributed by atoms with van der Waals surface area (Å²) in [5.74, 6) is 0.118. The summed E-state index contributed by atoms with van der Waals surface area (Å²) in [5.41, 5.74) is -1.28. The zero-order chi connectivity index (χ0) is 23.2. The highest BCUT2D eigenvalue weighted by atomic mass is 32.1. The average molecular weight is 476 g/mol. The van der Waals surface area contributed by atoms with Gasteiger partial charge in [0.1, 0.15) is 11.1 Å². The van der Waals surface area contributed by atoms with Gasteiger partial charge in [0, 0.05) is 53.2 Å². The fourth-order valence-corrected chi connectivity index (χ4v) is 4.69. The molecule has 0 aromatic carbocycles. The molecular formula is C21H20F3N7OS. The number of thiazole rings is 1. The van der Waals surface area contributed by atoms with Crippen molar-refractivity contribution in [2.75, 3.05) is 18.4 Å². The van der Waals surface area contributed by atoms with Crippen LogP contribution in [0, 0.1) is 6.92 Å². The van der Waals surface area contributed by atoms with Gasteiger partial charge in [0.05, 0.1) is 5.69 Å². The monoisotopic (exact) mass is 475 g/mol. The molecule has 4 aromatic heterocycles. The number of nitrogens with zero attached hydrogens (tertiary/aromatic N) is 4. The predicted molar refractivity (Wildman–Crippen MR) is 120 cm³/mol. The maximum atomic E-state index is 13.8. The number of piperidine rings is 1. The van der Waals surface area contributed by atoms with E-state index in [0.717, 1.165) is 30.5 Å². The van der Waals surface area contributed by atoms with Gasteiger partial charge in [-0.3, -0.25) is 9.36 Å². The predicted octanol–water partition coefficient (Wildman–Crippen LogP) is 3.72. The molecule has 5 rings (SSSR count). The van der Waals surface area contributed by atoms with Gasteiger partial charge in [-0.05, 0) is 32.4 Å². The Morgan fingerprint density at radius 3 is 2.82 bits per heavy atom. The van der Waals surface area contributed by atoms with Crippen molar-refractivity contribution in [3.63, 3.8) is 0 Å². The quantitative estimate of drug-likeness (QED) is 0.416. The molecule has 3 N–H and O–H groups in total. The van der Waals surface area contributed by atoms with E-state index in [2.05, 4.69) is 30.6 Å². The molecule has 4 aromatic rings. The van der Waals surface area contributed by atoms with Crippen LogP contribution in [0.15, 0.2) is 35.6 Å². The number of halogens is 3. The molecule has 0 saturated carbocycles. The lowest BCUT2D eigenvalue weighted by atomic mass is 10.1. The largest absolute Gasteiger partial charge is 0.419 e. The van der Waals surface area contributed by atoms with Gasteiger partial charge in [-0.2, -0.15) is 13.2 Å². The van der Waals surface area contributed by atoms with Gasteiger partial charge in [-0.15, -0.1) is 11.3 Å². The van der Waals surface area contributed by atoms with Gasteiger partial charge in [0.25, 0.3) is 5.56 Å². The zero-order valence-electron chi connectivity index (χ0n) is 17.5. The van der Waals surface area contributed by atoms with Crippen LogP contribution in [-0.2, 0) is 6.18 Å². The van der Waals surface area contributed by atoms with E-state index in [1.165, 1.54) is 28.3 Å². The van der Waals surface area contributed by atoms with E-state index < -0.39 is 17.3 Å². The Balaban J connectivity index is 1.61. The third-order valence-electron chi connectivity index (χ3n) is 5.54. The highest BCUT2D eigenvalue weighted by Gasteiger charge is 2.36. The third-order valence-corrected chi connectivity index (χ3v) is 6.45. The number of alkyl halides is 3. The number of rotatable bonds is 4. The molecule has 1 fully saturated rings. The second kappa shape index (κ2) is 8.27. The number of H-pyrrole nitrogens is 1. The summed E-state index contributed by atoms with van der Waals surface area (Å²) in [7, 11) is 0. The van der Waals surface area contributed by atoms with Crippen molar-refractivity contribution in [3.8, 4) is 16.4 Å². The van der Waals surface area contributed by atoms with Crippen molar-refractivity contribution < 1.29 is 13.2 Å². The second-order valence-corrected chi connectivity index (χ2v) is 9.09. The number of aryl methyl sites for hydroxylation is 1. The van der Waals surface area contributed by atoms with Gasteiger partial charge in [-0.1, -0.05) is 0 Å². The summed E-state index contributed by atoms with van der Waals surface area (Å²) in [5, 5.41) is 7.19. The SMILES string of the molecule is Cc1cnc(-n2ccc3c(-c4nc(N[C@H]5CCCNC5)ncc4C(F)(F)F)c[nH]c3c2=O)s1. The first-order valence-electron chi connectivity index (χ1n) is 10.4. The summed E-state index contributed by atoms with van der Waals surface area (Å²) in [4.78, 5) is 29.2. The topological polar surface area (TPSA) is 101 Å². The molecule has 33 heavy (non-hydrogen) atoms. The maximum absolute atomic E-state index is 13.8. The van der Waals surface area contributed by atoms with Crippen molar-refractivity contribution in [2.24, 2.45) is 0 Å². The van der Waals surface area contributed by atoms with Crippen molar-refractivity contribution in [3.05, 3.63) is 51.6 Å². The summed E-state index contributed by atoms with van der Waals surface area (Å²) in [6, 6.07) is 1.62. The summed E-state index contributed by atoms with van der Waals surface area (Å²) in [6.07, 6.45) is 2.52. The lowest BCUT2D eigenvalue weighted by Gasteiger charge is -2.24. The Kier molecular flexibility index (Phi) is 5.41. The highest BCUT2D eigenvalue weighted by molar-refractivity contribution is 7.14. The summed E-state index contributed by atoms with van der Waals surface area (Å²) < 4.78 is 42.8. The van der Waals surface area contributed by atoms with Gasteiger partial charge < -0.3 is 15.6 Å². The van der Waals surface area contributed by atoms with Gasteiger partial charge >= 0.3 is 6.18 Å². The van der Waals surface area contributed by atoms with Crippen LogP contribution in [0.5, 0.6) is 0 Å². The number of nitrogens with one attached hydrogen (secondary N) is 3. The smallest absolute Gasteiger partial charge is 0.356 e. The molecule has 5 heterocycles. The Bertz CT molecular complexity index is 1370. The number of aromatic amines is 1. The molecule has 1 saturated heterocycles. The summed E-state index contributed by atoms with van der Waals surface area (Å²) >= 11 is 1.35. The second-order valence-electron chi connectivity index (χ2n) is 7.88. The number of anilines is 1. The van der Waals surface area contributed by atoms with E-state index in [9.17, 15) is 18.0 Å². The van der Waals surface area contributed by atoms with Crippen molar-refractivity contribution in [1.29, 1.82) is 0 Å². The first kappa shape index (κ1) is 21.6. The van der Waals surface area contributed by atoms with Gasteiger partial charge in [0.2, 0.25) is 5.95 Å². The number of hydrogen-bond donors (Lipinski definition) is 3. The number of hydrogen-bond acceptors (Lipinski definition) is 7. The normalized spacial score (nSPS) is 16.9. The van der Waals surface area contributed by atoms with E-state index in [1.807, 2.05) is 6.92 Å². The highest BCUT2D eigenvalue weighted by Crippen LogP contribution is 2.38. The van der Waals surface area contributed by atoms with Crippen LogP contribution in [0.1, 0.15) is 23.3 Å². The molecule has 8 nitrogen and oxygen atoms in total. The van der Waals surface area contributed by atoms with Crippen LogP contribution in [0.25, 0.3) is 27.3 Å². The van der Waals surface area contributed by atoms with Crippen LogP contribution in [0.3, 0.4) is 0 Å². The Morgan fingerprint density at radius 2 is 2.12 bits per heavy atom. The minimum atomic E-state index is -4.66. The van der Waals surface area contributed by atoms with Crippen molar-refractivity contribution in [2.45, 2.75) is 32.0 Å². The Hall–Kier alpha value is -3.25. The van der Waals surface area contributed by atoms with E-state index in [4.69, 9.17) is 0 Å². The first-order valence-corrected chi connectivity index (χ1v) is 11.2. The van der Waals surface area contributed by atoms with Crippen LogP contribution in [0.2, 0.25) is 0 Å². The molecule has 0 spiro atoms. The lowest BCUT2D eigenvalue weighted by molar-refractivity contribution is -0.137. The van der Waals surface area contributed by atoms with E-state index in [-0.39, 0.29) is 28.8 Å². The van der Waals surface area contributed by atoms with Crippen LogP contribution in [0.4, 0.5) is 19.1 Å². The van der Waals surface area contributed by atoms with E-state index in [1.54, 1.807) is 12.3 Å². The van der Waals surface area contributed by atoms with Crippen LogP contribution < -0.4 is 16.2 Å². The Morgan fingerprint density at radius 1 is 1.27 bits per heavy atom.